The average molecular weight is 232 g/mol. The van der Waals surface area contributed by atoms with Crippen molar-refractivity contribution < 1.29 is 22.3 Å². The topological polar surface area (TPSA) is 60.4 Å². The summed E-state index contributed by atoms with van der Waals surface area (Å²) in [6, 6.07) is 1.83. The third kappa shape index (κ3) is 2.33. The highest BCUT2D eigenvalue weighted by Crippen LogP contribution is 2.24. The molecule has 0 bridgehead atoms. The molecule has 0 unspecified atom stereocenters. The van der Waals surface area contributed by atoms with Gasteiger partial charge in [-0.25, -0.2) is 12.8 Å². The van der Waals surface area contributed by atoms with E-state index < -0.39 is 20.5 Å². The van der Waals surface area contributed by atoms with Gasteiger partial charge in [-0.05, 0) is 6.07 Å². The molecule has 0 heterocycles. The quantitative estimate of drug-likeness (QED) is 0.731. The van der Waals surface area contributed by atoms with Crippen LogP contribution in [0.3, 0.4) is 0 Å². The lowest BCUT2D eigenvalue weighted by Gasteiger charge is -2.06. The third-order valence-corrected chi connectivity index (χ3v) is 2.92. The minimum Gasteiger partial charge on any atom is -0.496 e. The zero-order valence-corrected chi connectivity index (χ0v) is 8.97. The van der Waals surface area contributed by atoms with E-state index in [1.54, 1.807) is 0 Å². The highest BCUT2D eigenvalue weighted by Gasteiger charge is 2.17. The van der Waals surface area contributed by atoms with E-state index in [4.69, 9.17) is 4.74 Å². The minimum absolute atomic E-state index is 0.0256. The van der Waals surface area contributed by atoms with E-state index in [0.717, 1.165) is 18.4 Å². The molecule has 0 radical (unpaired) electrons. The molecule has 0 saturated carbocycles. The zero-order chi connectivity index (χ0) is 11.6. The molecule has 0 aromatic heterocycles. The van der Waals surface area contributed by atoms with Gasteiger partial charge in [0, 0.05) is 12.3 Å². The van der Waals surface area contributed by atoms with Gasteiger partial charge in [0.2, 0.25) is 0 Å². The van der Waals surface area contributed by atoms with Crippen LogP contribution in [0.25, 0.3) is 0 Å². The molecule has 4 nitrogen and oxygen atoms in total. The number of benzene rings is 1. The Morgan fingerprint density at radius 2 is 2.00 bits per heavy atom. The molecule has 1 rings (SSSR count). The molecule has 0 amide bonds. The zero-order valence-electron chi connectivity index (χ0n) is 8.15. The van der Waals surface area contributed by atoms with Crippen molar-refractivity contribution in [2.75, 3.05) is 13.4 Å². The number of sulfone groups is 1. The summed E-state index contributed by atoms with van der Waals surface area (Å²) in [6.45, 7) is 0. The Morgan fingerprint density at radius 3 is 2.40 bits per heavy atom. The molecule has 0 saturated heterocycles. The highest BCUT2D eigenvalue weighted by atomic mass is 32.2. The van der Waals surface area contributed by atoms with E-state index in [2.05, 4.69) is 0 Å². The molecule has 6 heteroatoms. The Morgan fingerprint density at radius 1 is 1.40 bits per heavy atom. The van der Waals surface area contributed by atoms with E-state index in [1.165, 1.54) is 7.11 Å². The molecular weight excluding hydrogens is 223 g/mol. The van der Waals surface area contributed by atoms with Gasteiger partial charge in [-0.15, -0.1) is 0 Å². The number of carbonyl (C=O) groups excluding carboxylic acids is 1. The Labute approximate surface area is 86.6 Å². The fourth-order valence-corrected chi connectivity index (χ4v) is 1.84. The van der Waals surface area contributed by atoms with Gasteiger partial charge in [-0.1, -0.05) is 0 Å². The molecule has 0 aliphatic rings. The summed E-state index contributed by atoms with van der Waals surface area (Å²) in [5, 5.41) is 0. The number of hydrogen-bond acceptors (Lipinski definition) is 4. The lowest BCUT2D eigenvalue weighted by molar-refractivity contribution is 0.112. The first-order chi connectivity index (χ1) is 6.90. The van der Waals surface area contributed by atoms with Gasteiger partial charge in [0.1, 0.15) is 16.5 Å². The standard InChI is InChI=1S/C9H9FO4S/c1-14-8-4-9(15(2,12)13)7(10)3-6(8)5-11/h3-5H,1-2H3. The predicted molar refractivity (Wildman–Crippen MR) is 51.4 cm³/mol. The van der Waals surface area contributed by atoms with Crippen LogP contribution >= 0.6 is 0 Å². The smallest absolute Gasteiger partial charge is 0.178 e. The molecule has 82 valence electrons. The van der Waals surface area contributed by atoms with Gasteiger partial charge in [-0.3, -0.25) is 4.79 Å². The minimum atomic E-state index is -3.66. The van der Waals surface area contributed by atoms with Crippen LogP contribution < -0.4 is 4.74 Å². The normalized spacial score (nSPS) is 11.1. The number of rotatable bonds is 3. The molecule has 0 aliphatic carbocycles. The van der Waals surface area contributed by atoms with Crippen LogP contribution in [0, 0.1) is 5.82 Å². The monoisotopic (exact) mass is 232 g/mol. The largest absolute Gasteiger partial charge is 0.496 e. The van der Waals surface area contributed by atoms with Crippen molar-refractivity contribution in [1.29, 1.82) is 0 Å². The fourth-order valence-electron chi connectivity index (χ4n) is 1.10. The summed E-state index contributed by atoms with van der Waals surface area (Å²) >= 11 is 0. The molecule has 15 heavy (non-hydrogen) atoms. The molecule has 1 aromatic rings. The van der Waals surface area contributed by atoms with Crippen molar-refractivity contribution >= 4 is 16.1 Å². The summed E-state index contributed by atoms with van der Waals surface area (Å²) in [5.74, 6) is -0.924. The van der Waals surface area contributed by atoms with Crippen molar-refractivity contribution in [2.24, 2.45) is 0 Å². The second kappa shape index (κ2) is 3.98. The molecule has 0 aliphatic heterocycles. The molecule has 0 N–H and O–H groups in total. The van der Waals surface area contributed by atoms with E-state index in [9.17, 15) is 17.6 Å². The van der Waals surface area contributed by atoms with Crippen molar-refractivity contribution in [3.63, 3.8) is 0 Å². The Hall–Kier alpha value is -1.43. The Bertz CT molecular complexity index is 493. The molecule has 0 spiro atoms. The summed E-state index contributed by atoms with van der Waals surface area (Å²) in [4.78, 5) is 10.0. The lowest BCUT2D eigenvalue weighted by Crippen LogP contribution is -2.03. The lowest BCUT2D eigenvalue weighted by atomic mass is 10.2. The van der Waals surface area contributed by atoms with Gasteiger partial charge < -0.3 is 4.74 Å². The van der Waals surface area contributed by atoms with Crippen LogP contribution in [0.4, 0.5) is 4.39 Å². The molecule has 0 fully saturated rings. The summed E-state index contributed by atoms with van der Waals surface area (Å²) in [6.07, 6.45) is 1.28. The van der Waals surface area contributed by atoms with Gasteiger partial charge in [0.25, 0.3) is 0 Å². The predicted octanol–water partition coefficient (Wildman–Crippen LogP) is 1.05. The van der Waals surface area contributed by atoms with Crippen molar-refractivity contribution in [1.82, 2.24) is 0 Å². The summed E-state index contributed by atoms with van der Waals surface area (Å²) in [7, 11) is -2.39. The van der Waals surface area contributed by atoms with E-state index in [-0.39, 0.29) is 11.3 Å². The van der Waals surface area contributed by atoms with Crippen LogP contribution in [0.15, 0.2) is 17.0 Å². The van der Waals surface area contributed by atoms with Gasteiger partial charge >= 0.3 is 0 Å². The first-order valence-electron chi connectivity index (χ1n) is 3.93. The average Bonchev–Trinajstić information content (AvgIpc) is 2.15. The van der Waals surface area contributed by atoms with E-state index >= 15 is 0 Å². The molecular formula is C9H9FO4S. The first kappa shape index (κ1) is 11.6. The first-order valence-corrected chi connectivity index (χ1v) is 5.82. The van der Waals surface area contributed by atoms with Gasteiger partial charge in [0.05, 0.1) is 12.7 Å². The number of aldehydes is 1. The second-order valence-corrected chi connectivity index (χ2v) is 4.90. The molecule has 0 atom stereocenters. The van der Waals surface area contributed by atoms with Crippen molar-refractivity contribution in [3.8, 4) is 5.75 Å². The number of ether oxygens (including phenoxy) is 1. The molecule has 1 aromatic carbocycles. The fraction of sp³-hybridized carbons (Fsp3) is 0.222. The third-order valence-electron chi connectivity index (χ3n) is 1.81. The Kier molecular flexibility index (Phi) is 3.09. The number of halogens is 1. The van der Waals surface area contributed by atoms with Crippen LogP contribution in [0.2, 0.25) is 0 Å². The highest BCUT2D eigenvalue weighted by molar-refractivity contribution is 7.90. The van der Waals surface area contributed by atoms with Crippen LogP contribution in [-0.2, 0) is 9.84 Å². The summed E-state index contributed by atoms with van der Waals surface area (Å²) < 4.78 is 40.3. The van der Waals surface area contributed by atoms with Crippen LogP contribution in [-0.4, -0.2) is 28.1 Å². The number of hydrogen-bond donors (Lipinski definition) is 0. The summed E-state index contributed by atoms with van der Waals surface area (Å²) in [5.41, 5.74) is -0.0256. The number of methoxy groups -OCH3 is 1. The Balaban J connectivity index is 3.52. The second-order valence-electron chi connectivity index (χ2n) is 2.91. The van der Waals surface area contributed by atoms with E-state index in [1.807, 2.05) is 0 Å². The van der Waals surface area contributed by atoms with Crippen LogP contribution in [0.1, 0.15) is 10.4 Å². The van der Waals surface area contributed by atoms with Gasteiger partial charge in [0.15, 0.2) is 16.1 Å². The maximum absolute atomic E-state index is 13.3. The van der Waals surface area contributed by atoms with Crippen molar-refractivity contribution in [3.05, 3.63) is 23.5 Å². The maximum atomic E-state index is 13.3. The SMILES string of the molecule is COc1cc(S(C)(=O)=O)c(F)cc1C=O. The maximum Gasteiger partial charge on any atom is 0.178 e. The van der Waals surface area contributed by atoms with Crippen molar-refractivity contribution in [2.45, 2.75) is 4.90 Å². The van der Waals surface area contributed by atoms with Crippen LogP contribution in [0.5, 0.6) is 5.75 Å². The van der Waals surface area contributed by atoms with Gasteiger partial charge in [-0.2, -0.15) is 0 Å². The van der Waals surface area contributed by atoms with E-state index in [0.29, 0.717) is 6.29 Å². The number of carbonyl (C=O) groups is 1.